The van der Waals surface area contributed by atoms with E-state index in [0.717, 1.165) is 12.8 Å². The molecule has 0 aromatic carbocycles. The molecule has 0 aromatic rings. The molecule has 0 saturated carbocycles. The van der Waals surface area contributed by atoms with E-state index in [2.05, 4.69) is 85.8 Å². The van der Waals surface area contributed by atoms with Crippen molar-refractivity contribution in [2.24, 2.45) is 0 Å². The van der Waals surface area contributed by atoms with Crippen molar-refractivity contribution >= 4 is 28.6 Å². The van der Waals surface area contributed by atoms with Crippen LogP contribution in [0.5, 0.6) is 0 Å². The van der Waals surface area contributed by atoms with Gasteiger partial charge in [-0.15, -0.1) is 51.5 Å². The molecule has 0 radical (unpaired) electrons. The quantitative estimate of drug-likeness (QED) is 0.385. The van der Waals surface area contributed by atoms with Gasteiger partial charge < -0.3 is 0 Å². The molecular weight excluding hydrogens is 323 g/mol. The number of halogens is 2. The van der Waals surface area contributed by atoms with E-state index in [-0.39, 0.29) is 24.8 Å². The molecule has 0 N–H and O–H groups in total. The van der Waals surface area contributed by atoms with E-state index >= 15 is 0 Å². The topological polar surface area (TPSA) is 0 Å². The maximum Gasteiger partial charge on any atom is -0.147 e. The van der Waals surface area contributed by atoms with Gasteiger partial charge in [-0.1, -0.05) is 13.8 Å². The molecule has 0 saturated heterocycles. The monoisotopic (exact) mass is 348 g/mol. The summed E-state index contributed by atoms with van der Waals surface area (Å²) in [6.45, 7) is 12.6. The van der Waals surface area contributed by atoms with Crippen LogP contribution in [0.2, 0.25) is 0 Å². The molecule has 2 aliphatic rings. The van der Waals surface area contributed by atoms with Crippen LogP contribution in [0.25, 0.3) is 0 Å². The fourth-order valence-corrected chi connectivity index (χ4v) is 1.30. The third kappa shape index (κ3) is 13.1. The van der Waals surface area contributed by atoms with Gasteiger partial charge in [-0.3, -0.25) is 12.2 Å². The molecule has 2 aliphatic carbocycles. The molecule has 0 unspecified atom stereocenters. The second-order valence-corrected chi connectivity index (χ2v) is 6.35. The average Bonchev–Trinajstić information content (AvgIpc) is 2.79. The number of allylic oxidation sites excluding steroid dienone is 8. The van der Waals surface area contributed by atoms with Crippen molar-refractivity contribution in [2.75, 3.05) is 0 Å². The number of hydrogen-bond acceptors (Lipinski definition) is 0. The van der Waals surface area contributed by atoms with Crippen molar-refractivity contribution in [3.8, 4) is 0 Å². The first-order chi connectivity index (χ1) is 8.34. The van der Waals surface area contributed by atoms with Crippen molar-refractivity contribution in [3.05, 3.63) is 46.6 Å². The Labute approximate surface area is 149 Å². The second kappa shape index (κ2) is 14.1. The molecule has 0 nitrogen and oxygen atoms in total. The Morgan fingerprint density at radius 2 is 1.10 bits per heavy atom. The fourth-order valence-electron chi connectivity index (χ4n) is 1.30. The van der Waals surface area contributed by atoms with Crippen LogP contribution in [-0.4, -0.2) is 3.81 Å². The molecule has 112 valence electrons. The molecule has 20 heavy (non-hydrogen) atoms. The fraction of sp³-hybridized carbons (Fsp3) is 0.471. The third-order valence-electron chi connectivity index (χ3n) is 2.73. The Hall–Kier alpha value is 0.124. The Bertz CT molecular complexity index is 343. The maximum absolute atomic E-state index is 3.19. The standard InChI is InChI=1S/2C7H9.C3H6.2ClH.Ti/c2*1-6-4-3-5-7(6)2;1-3-2;;;/h2*4H,3H2,1-2H3;1-2H3;2*1H;/q2*-1;;;;+2. The summed E-state index contributed by atoms with van der Waals surface area (Å²) in [7, 11) is 0. The first kappa shape index (κ1) is 25.1. The second-order valence-electron chi connectivity index (χ2n) is 4.79. The van der Waals surface area contributed by atoms with Crippen molar-refractivity contribution in [1.82, 2.24) is 0 Å². The molecule has 0 amide bonds. The van der Waals surface area contributed by atoms with Gasteiger partial charge in [0.05, 0.1) is 0 Å². The Morgan fingerprint density at radius 1 is 0.850 bits per heavy atom. The molecule has 0 aromatic heterocycles. The van der Waals surface area contributed by atoms with Crippen LogP contribution in [0.1, 0.15) is 54.4 Å². The molecule has 0 aliphatic heterocycles. The van der Waals surface area contributed by atoms with Gasteiger partial charge in [-0.05, 0) is 0 Å². The predicted molar refractivity (Wildman–Crippen MR) is 92.5 cm³/mol. The zero-order chi connectivity index (χ0) is 14.1. The number of rotatable bonds is 0. The molecule has 0 fully saturated rings. The normalized spacial score (nSPS) is 14.8. The predicted octanol–water partition coefficient (Wildman–Crippen LogP) is 5.76. The molecule has 2 rings (SSSR count). The van der Waals surface area contributed by atoms with Crippen LogP contribution in [0, 0.1) is 12.2 Å². The average molecular weight is 349 g/mol. The van der Waals surface area contributed by atoms with E-state index in [1.54, 1.807) is 0 Å². The van der Waals surface area contributed by atoms with E-state index in [1.807, 2.05) is 0 Å². The molecule has 0 heterocycles. The van der Waals surface area contributed by atoms with Crippen LogP contribution >= 0.6 is 24.8 Å². The van der Waals surface area contributed by atoms with Gasteiger partial charge in [0.2, 0.25) is 0 Å². The molecule has 0 bridgehead atoms. The van der Waals surface area contributed by atoms with Crippen LogP contribution in [-0.2, 0) is 20.0 Å². The Balaban J connectivity index is -0.000000215. The largest absolute Gasteiger partial charge is 0.147 e. The van der Waals surface area contributed by atoms with Gasteiger partial charge in [0.25, 0.3) is 0 Å². The van der Waals surface area contributed by atoms with Crippen LogP contribution in [0.4, 0.5) is 0 Å². The SMILES string of the molecule is CC1=[C-]CC=C1C.CC1=[C-]CC=C1C.C[C](C)=[Ti+2].Cl.Cl. The molecular formula is C17H26Cl2Ti. The zero-order valence-electron chi connectivity index (χ0n) is 13.4. The molecule has 0 atom stereocenters. The summed E-state index contributed by atoms with van der Waals surface area (Å²) in [6.07, 6.45) is 12.8. The van der Waals surface area contributed by atoms with Crippen molar-refractivity contribution in [1.29, 1.82) is 0 Å². The third-order valence-corrected chi connectivity index (χ3v) is 2.73. The van der Waals surface area contributed by atoms with Crippen molar-refractivity contribution < 1.29 is 20.0 Å². The minimum atomic E-state index is 0. The van der Waals surface area contributed by atoms with E-state index in [0.29, 0.717) is 0 Å². The van der Waals surface area contributed by atoms with Gasteiger partial charge >= 0.3 is 37.6 Å². The Morgan fingerprint density at radius 3 is 1.15 bits per heavy atom. The first-order valence-corrected chi connectivity index (χ1v) is 7.13. The minimum Gasteiger partial charge on any atom is -0.147 e. The van der Waals surface area contributed by atoms with Crippen LogP contribution in [0.3, 0.4) is 0 Å². The maximum atomic E-state index is 3.19. The first-order valence-electron chi connectivity index (χ1n) is 6.35. The van der Waals surface area contributed by atoms with Crippen LogP contribution < -0.4 is 0 Å². The van der Waals surface area contributed by atoms with Crippen molar-refractivity contribution in [3.63, 3.8) is 0 Å². The number of hydrogen-bond donors (Lipinski definition) is 0. The summed E-state index contributed by atoms with van der Waals surface area (Å²) < 4.78 is 1.42. The smallest absolute Gasteiger partial charge is 0.147 e. The van der Waals surface area contributed by atoms with Crippen LogP contribution in [0.15, 0.2) is 34.4 Å². The van der Waals surface area contributed by atoms with Gasteiger partial charge in [0.15, 0.2) is 0 Å². The van der Waals surface area contributed by atoms with E-state index in [1.165, 1.54) is 26.1 Å². The Kier molecular flexibility index (Phi) is 17.7. The van der Waals surface area contributed by atoms with Gasteiger partial charge in [0, 0.05) is 0 Å². The van der Waals surface area contributed by atoms with Gasteiger partial charge in [-0.25, -0.2) is 22.3 Å². The van der Waals surface area contributed by atoms with E-state index < -0.39 is 0 Å². The zero-order valence-corrected chi connectivity index (χ0v) is 16.6. The summed E-state index contributed by atoms with van der Waals surface area (Å²) in [5, 5.41) is 0. The summed E-state index contributed by atoms with van der Waals surface area (Å²) in [4.78, 5) is 0. The summed E-state index contributed by atoms with van der Waals surface area (Å²) >= 11 is 2.08. The van der Waals surface area contributed by atoms with E-state index in [4.69, 9.17) is 0 Å². The van der Waals surface area contributed by atoms with Gasteiger partial charge in [0.1, 0.15) is 0 Å². The molecule has 0 spiro atoms. The summed E-state index contributed by atoms with van der Waals surface area (Å²) in [6, 6.07) is 0. The van der Waals surface area contributed by atoms with Crippen molar-refractivity contribution in [2.45, 2.75) is 54.4 Å². The van der Waals surface area contributed by atoms with E-state index in [9.17, 15) is 0 Å². The summed E-state index contributed by atoms with van der Waals surface area (Å²) in [5.74, 6) is 0. The molecule has 3 heteroatoms. The minimum absolute atomic E-state index is 0. The summed E-state index contributed by atoms with van der Waals surface area (Å²) in [5.41, 5.74) is 5.42. The van der Waals surface area contributed by atoms with Gasteiger partial charge in [-0.2, -0.15) is 12.2 Å².